The molecule has 4 rings (SSSR count). The summed E-state index contributed by atoms with van der Waals surface area (Å²) in [6.07, 6.45) is 1.50. The average molecular weight is 382 g/mol. The molecule has 0 aliphatic heterocycles. The number of hydrogen-bond donors (Lipinski definition) is 0. The first-order valence-electron chi connectivity index (χ1n) is 8.20. The number of nitrogens with zero attached hydrogens (tertiary/aromatic N) is 3. The summed E-state index contributed by atoms with van der Waals surface area (Å²) < 4.78 is 13.6. The fourth-order valence-corrected chi connectivity index (χ4v) is 3.13. The van der Waals surface area contributed by atoms with Gasteiger partial charge in [-0.3, -0.25) is 4.57 Å². The Morgan fingerprint density at radius 3 is 2.37 bits per heavy atom. The Hall–Kier alpha value is -3.25. The molecule has 27 heavy (non-hydrogen) atoms. The summed E-state index contributed by atoms with van der Waals surface area (Å²) >= 11 is 5.97. The third-order valence-electron chi connectivity index (χ3n) is 4.35. The molecule has 4 aromatic rings. The van der Waals surface area contributed by atoms with Crippen molar-refractivity contribution in [1.29, 1.82) is 0 Å². The SMILES string of the molecule is COc1ccc(-n2cnc3ccc(-c4ccc(Cl)cc4)n3c2=O)cc1OC. The summed E-state index contributed by atoms with van der Waals surface area (Å²) in [5, 5.41) is 0.639. The molecule has 0 spiro atoms. The van der Waals surface area contributed by atoms with Gasteiger partial charge in [-0.15, -0.1) is 0 Å². The number of methoxy groups -OCH3 is 2. The second-order valence-corrected chi connectivity index (χ2v) is 6.29. The maximum Gasteiger partial charge on any atom is 0.340 e. The molecule has 0 atom stereocenters. The van der Waals surface area contributed by atoms with E-state index in [0.29, 0.717) is 27.9 Å². The molecular formula is C20H16ClN3O3. The summed E-state index contributed by atoms with van der Waals surface area (Å²) in [6.45, 7) is 0. The van der Waals surface area contributed by atoms with Crippen LogP contribution in [0.25, 0.3) is 22.6 Å². The number of hydrogen-bond acceptors (Lipinski definition) is 4. The minimum Gasteiger partial charge on any atom is -0.493 e. The van der Waals surface area contributed by atoms with Crippen LogP contribution in [-0.2, 0) is 0 Å². The van der Waals surface area contributed by atoms with Crippen LogP contribution >= 0.6 is 11.6 Å². The topological polar surface area (TPSA) is 57.8 Å². The molecule has 2 aromatic heterocycles. The van der Waals surface area contributed by atoms with Crippen LogP contribution in [0.15, 0.2) is 65.7 Å². The Morgan fingerprint density at radius 1 is 0.926 bits per heavy atom. The van der Waals surface area contributed by atoms with E-state index in [2.05, 4.69) is 4.98 Å². The molecule has 0 aliphatic carbocycles. The summed E-state index contributed by atoms with van der Waals surface area (Å²) in [5.74, 6) is 1.12. The number of benzene rings is 2. The van der Waals surface area contributed by atoms with Gasteiger partial charge in [0.15, 0.2) is 11.5 Å². The molecule has 0 fully saturated rings. The summed E-state index contributed by atoms with van der Waals surface area (Å²) in [7, 11) is 3.12. The van der Waals surface area contributed by atoms with Gasteiger partial charge in [-0.1, -0.05) is 23.7 Å². The van der Waals surface area contributed by atoms with Crippen LogP contribution in [0, 0.1) is 0 Å². The lowest BCUT2D eigenvalue weighted by Crippen LogP contribution is -2.26. The van der Waals surface area contributed by atoms with Crippen molar-refractivity contribution in [2.24, 2.45) is 0 Å². The van der Waals surface area contributed by atoms with Crippen LogP contribution in [0.3, 0.4) is 0 Å². The van der Waals surface area contributed by atoms with Crippen molar-refractivity contribution < 1.29 is 9.47 Å². The lowest BCUT2D eigenvalue weighted by molar-refractivity contribution is 0.355. The second-order valence-electron chi connectivity index (χ2n) is 5.86. The highest BCUT2D eigenvalue weighted by atomic mass is 35.5. The van der Waals surface area contributed by atoms with Gasteiger partial charge in [0, 0.05) is 11.1 Å². The van der Waals surface area contributed by atoms with Gasteiger partial charge >= 0.3 is 5.69 Å². The largest absolute Gasteiger partial charge is 0.493 e. The van der Waals surface area contributed by atoms with E-state index in [1.165, 1.54) is 10.9 Å². The van der Waals surface area contributed by atoms with Gasteiger partial charge in [0.2, 0.25) is 0 Å². The molecular weight excluding hydrogens is 366 g/mol. The fraction of sp³-hybridized carbons (Fsp3) is 0.100. The zero-order valence-electron chi connectivity index (χ0n) is 14.7. The van der Waals surface area contributed by atoms with Crippen LogP contribution in [0.4, 0.5) is 0 Å². The minimum absolute atomic E-state index is 0.234. The van der Waals surface area contributed by atoms with Gasteiger partial charge < -0.3 is 9.47 Å². The van der Waals surface area contributed by atoms with E-state index in [4.69, 9.17) is 21.1 Å². The van der Waals surface area contributed by atoms with Gasteiger partial charge in [-0.25, -0.2) is 14.2 Å². The zero-order valence-corrected chi connectivity index (χ0v) is 15.5. The number of aromatic nitrogens is 3. The van der Waals surface area contributed by atoms with E-state index < -0.39 is 0 Å². The molecule has 7 heteroatoms. The molecule has 0 saturated heterocycles. The highest BCUT2D eigenvalue weighted by Crippen LogP contribution is 2.29. The summed E-state index contributed by atoms with van der Waals surface area (Å²) in [4.78, 5) is 17.6. The predicted molar refractivity (Wildman–Crippen MR) is 104 cm³/mol. The van der Waals surface area contributed by atoms with Crippen LogP contribution in [0.5, 0.6) is 11.5 Å². The third-order valence-corrected chi connectivity index (χ3v) is 4.60. The van der Waals surface area contributed by atoms with Crippen molar-refractivity contribution >= 4 is 17.2 Å². The van der Waals surface area contributed by atoms with E-state index in [9.17, 15) is 4.79 Å². The Morgan fingerprint density at radius 2 is 1.67 bits per heavy atom. The number of ether oxygens (including phenoxy) is 2. The Kier molecular flexibility index (Phi) is 4.33. The van der Waals surface area contributed by atoms with Gasteiger partial charge in [-0.05, 0) is 42.0 Å². The number of halogens is 1. The number of rotatable bonds is 4. The van der Waals surface area contributed by atoms with Crippen LogP contribution < -0.4 is 15.2 Å². The fourth-order valence-electron chi connectivity index (χ4n) is 3.00. The van der Waals surface area contributed by atoms with Crippen molar-refractivity contribution in [3.8, 4) is 28.4 Å². The Bertz CT molecular complexity index is 1180. The molecule has 0 N–H and O–H groups in total. The van der Waals surface area contributed by atoms with Gasteiger partial charge in [0.05, 0.1) is 25.6 Å². The highest BCUT2D eigenvalue weighted by molar-refractivity contribution is 6.30. The predicted octanol–water partition coefficient (Wildman–Crippen LogP) is 3.82. The number of fused-ring (bicyclic) bond motifs is 1. The minimum atomic E-state index is -0.234. The van der Waals surface area contributed by atoms with Gasteiger partial charge in [-0.2, -0.15) is 0 Å². The molecule has 2 heterocycles. The summed E-state index contributed by atoms with van der Waals surface area (Å²) in [5.41, 5.74) is 2.59. The van der Waals surface area contributed by atoms with Crippen LogP contribution in [0.1, 0.15) is 0 Å². The smallest absolute Gasteiger partial charge is 0.340 e. The third kappa shape index (κ3) is 2.94. The van der Waals surface area contributed by atoms with Crippen LogP contribution in [-0.4, -0.2) is 28.2 Å². The van der Waals surface area contributed by atoms with E-state index in [-0.39, 0.29) is 5.69 Å². The first-order chi connectivity index (χ1) is 13.1. The second kappa shape index (κ2) is 6.81. The molecule has 0 aliphatic rings. The van der Waals surface area contributed by atoms with E-state index in [0.717, 1.165) is 11.3 Å². The maximum absolute atomic E-state index is 13.2. The molecule has 0 radical (unpaired) electrons. The average Bonchev–Trinajstić information content (AvgIpc) is 3.13. The first kappa shape index (κ1) is 17.2. The molecule has 136 valence electrons. The molecule has 0 amide bonds. The normalized spacial score (nSPS) is 10.9. The zero-order chi connectivity index (χ0) is 19.0. The maximum atomic E-state index is 13.2. The Labute approximate surface area is 160 Å². The van der Waals surface area contributed by atoms with E-state index in [1.54, 1.807) is 49.0 Å². The standard InChI is InChI=1S/C20H16ClN3O3/c1-26-17-9-7-15(11-18(17)27-2)23-12-22-19-10-8-16(24(19)20(23)25)13-3-5-14(21)6-4-13/h3-12H,1-2H3. The van der Waals surface area contributed by atoms with Crippen molar-refractivity contribution in [3.63, 3.8) is 0 Å². The molecule has 2 aromatic carbocycles. The lowest BCUT2D eigenvalue weighted by atomic mass is 10.1. The molecule has 0 saturated carbocycles. The molecule has 0 unspecified atom stereocenters. The monoisotopic (exact) mass is 381 g/mol. The van der Waals surface area contributed by atoms with Crippen molar-refractivity contribution in [1.82, 2.24) is 14.0 Å². The summed E-state index contributed by atoms with van der Waals surface area (Å²) in [6, 6.07) is 16.3. The van der Waals surface area contributed by atoms with Crippen molar-refractivity contribution in [3.05, 3.63) is 76.4 Å². The quantitative estimate of drug-likeness (QED) is 0.539. The van der Waals surface area contributed by atoms with E-state index >= 15 is 0 Å². The van der Waals surface area contributed by atoms with E-state index in [1.807, 2.05) is 24.3 Å². The highest BCUT2D eigenvalue weighted by Gasteiger charge is 2.13. The molecule has 6 nitrogen and oxygen atoms in total. The first-order valence-corrected chi connectivity index (χ1v) is 8.57. The van der Waals surface area contributed by atoms with Crippen molar-refractivity contribution in [2.75, 3.05) is 14.2 Å². The van der Waals surface area contributed by atoms with Crippen molar-refractivity contribution in [2.45, 2.75) is 0 Å². The Balaban J connectivity index is 1.91. The lowest BCUT2D eigenvalue weighted by Gasteiger charge is -2.12. The molecule has 0 bridgehead atoms. The van der Waals surface area contributed by atoms with Crippen LogP contribution in [0.2, 0.25) is 5.02 Å². The van der Waals surface area contributed by atoms with Gasteiger partial charge in [0.25, 0.3) is 0 Å². The van der Waals surface area contributed by atoms with Gasteiger partial charge in [0.1, 0.15) is 12.0 Å².